The van der Waals surface area contributed by atoms with Crippen LogP contribution in [0, 0.1) is 0 Å². The van der Waals surface area contributed by atoms with Gasteiger partial charge in [-0.15, -0.1) is 0 Å². The van der Waals surface area contributed by atoms with E-state index in [1.54, 1.807) is 0 Å². The highest BCUT2D eigenvalue weighted by Crippen LogP contribution is 1.50. The molecule has 0 aliphatic carbocycles. The second-order valence-corrected chi connectivity index (χ2v) is 1.09. The van der Waals surface area contributed by atoms with Crippen LogP contribution in [0.2, 0.25) is 0 Å². The fourth-order valence-corrected chi connectivity index (χ4v) is 0.240. The highest BCUT2D eigenvalue weighted by Gasteiger charge is 1.91. The predicted molar refractivity (Wildman–Crippen MR) is 29.9 cm³/mol. The molecule has 0 bridgehead atoms. The summed E-state index contributed by atoms with van der Waals surface area (Å²) in [6, 6.07) is -0.524. The molecule has 6 nitrogen and oxygen atoms in total. The Labute approximate surface area is 51.9 Å². The van der Waals surface area contributed by atoms with Gasteiger partial charge in [0.1, 0.15) is 0 Å². The van der Waals surface area contributed by atoms with Gasteiger partial charge in [0.15, 0.2) is 0 Å². The first kappa shape index (κ1) is 7.70. The summed E-state index contributed by atoms with van der Waals surface area (Å²) in [6.45, 7) is 0. The Hall–Kier alpha value is -1.30. The van der Waals surface area contributed by atoms with Crippen LogP contribution in [0.3, 0.4) is 0 Å². The third-order valence-electron chi connectivity index (χ3n) is 0.483. The van der Waals surface area contributed by atoms with Crippen molar-refractivity contribution in [2.75, 3.05) is 7.05 Å². The van der Waals surface area contributed by atoms with E-state index in [1.807, 2.05) is 10.9 Å². The first-order valence-corrected chi connectivity index (χ1v) is 2.23. The third-order valence-corrected chi connectivity index (χ3v) is 0.483. The van der Waals surface area contributed by atoms with Crippen molar-refractivity contribution in [3.05, 3.63) is 0 Å². The molecular formula is C3H8N4O2. The summed E-state index contributed by atoms with van der Waals surface area (Å²) in [7, 11) is 1.53. The Morgan fingerprint density at radius 2 is 2.11 bits per heavy atom. The summed E-state index contributed by atoms with van der Waals surface area (Å²) < 4.78 is 0. The van der Waals surface area contributed by atoms with Gasteiger partial charge in [-0.05, 0) is 0 Å². The van der Waals surface area contributed by atoms with E-state index in [0.29, 0.717) is 6.41 Å². The molecule has 0 aliphatic heterocycles. The van der Waals surface area contributed by atoms with E-state index < -0.39 is 6.03 Å². The quantitative estimate of drug-likeness (QED) is 0.267. The van der Waals surface area contributed by atoms with Gasteiger partial charge in [-0.2, -0.15) is 0 Å². The summed E-state index contributed by atoms with van der Waals surface area (Å²) >= 11 is 0. The molecule has 0 aromatic carbocycles. The summed E-state index contributed by atoms with van der Waals surface area (Å²) in [5.41, 5.74) is 8.47. The van der Waals surface area contributed by atoms with Gasteiger partial charge in [-0.25, -0.2) is 15.6 Å². The topological polar surface area (TPSA) is 82.3 Å². The van der Waals surface area contributed by atoms with Crippen molar-refractivity contribution in [3.63, 3.8) is 0 Å². The van der Waals surface area contributed by atoms with E-state index in [2.05, 4.69) is 10.9 Å². The van der Waals surface area contributed by atoms with E-state index in [4.69, 9.17) is 0 Å². The van der Waals surface area contributed by atoms with Crippen molar-refractivity contribution >= 4 is 12.4 Å². The number of carbonyl (C=O) groups is 2. The zero-order chi connectivity index (χ0) is 7.11. The lowest BCUT2D eigenvalue weighted by atomic mass is 11.1. The third kappa shape index (κ3) is 4.56. The second-order valence-electron chi connectivity index (χ2n) is 1.09. The van der Waals surface area contributed by atoms with Crippen LogP contribution in [0.4, 0.5) is 4.79 Å². The standard InChI is InChI=1S/C3H8N4O2/c1-4-6-3(9)7-5-2-8/h2,4H,1H3,(H,5,8)(H2,6,7,9). The lowest BCUT2D eigenvalue weighted by Gasteiger charge is -2.01. The molecule has 0 fully saturated rings. The van der Waals surface area contributed by atoms with Crippen molar-refractivity contribution in [3.8, 4) is 0 Å². The molecular weight excluding hydrogens is 124 g/mol. The number of urea groups is 1. The number of nitrogens with one attached hydrogen (secondary N) is 4. The van der Waals surface area contributed by atoms with E-state index in [0.717, 1.165) is 0 Å². The molecule has 9 heavy (non-hydrogen) atoms. The van der Waals surface area contributed by atoms with Crippen LogP contribution < -0.4 is 21.7 Å². The van der Waals surface area contributed by atoms with Crippen molar-refractivity contribution in [1.82, 2.24) is 21.7 Å². The smallest absolute Gasteiger partial charge is 0.277 e. The summed E-state index contributed by atoms with van der Waals surface area (Å²) in [5, 5.41) is 0. The average Bonchev–Trinajstić information content (AvgIpc) is 1.85. The Morgan fingerprint density at radius 1 is 1.44 bits per heavy atom. The first-order chi connectivity index (χ1) is 4.31. The summed E-state index contributed by atoms with van der Waals surface area (Å²) in [5.74, 6) is 0. The highest BCUT2D eigenvalue weighted by atomic mass is 16.2. The summed E-state index contributed by atoms with van der Waals surface area (Å²) in [6.07, 6.45) is 0.356. The number of amides is 3. The fraction of sp³-hybridized carbons (Fsp3) is 0.333. The minimum Gasteiger partial charge on any atom is -0.277 e. The molecule has 0 aliphatic rings. The van der Waals surface area contributed by atoms with E-state index >= 15 is 0 Å². The summed E-state index contributed by atoms with van der Waals surface area (Å²) in [4.78, 5) is 19.8. The maximum Gasteiger partial charge on any atom is 0.347 e. The van der Waals surface area contributed by atoms with E-state index in [9.17, 15) is 9.59 Å². The van der Waals surface area contributed by atoms with Crippen LogP contribution in [-0.2, 0) is 4.79 Å². The number of hydrogen-bond donors (Lipinski definition) is 4. The minimum absolute atomic E-state index is 0.356. The van der Waals surface area contributed by atoms with E-state index in [1.165, 1.54) is 7.05 Å². The zero-order valence-corrected chi connectivity index (χ0v) is 4.89. The Balaban J connectivity index is 3.16. The molecule has 0 atom stereocenters. The Bertz CT molecular complexity index is 104. The molecule has 0 rings (SSSR count). The zero-order valence-electron chi connectivity index (χ0n) is 4.89. The van der Waals surface area contributed by atoms with Gasteiger partial charge in [0, 0.05) is 7.05 Å². The molecule has 6 heteroatoms. The lowest BCUT2D eigenvalue weighted by molar-refractivity contribution is -0.110. The van der Waals surface area contributed by atoms with Gasteiger partial charge in [-0.3, -0.25) is 15.6 Å². The van der Waals surface area contributed by atoms with Gasteiger partial charge in [0.05, 0.1) is 0 Å². The maximum absolute atomic E-state index is 10.3. The molecule has 0 unspecified atom stereocenters. The van der Waals surface area contributed by atoms with Gasteiger partial charge >= 0.3 is 6.03 Å². The molecule has 0 saturated carbocycles. The molecule has 0 spiro atoms. The van der Waals surface area contributed by atoms with Gasteiger partial charge in [-0.1, -0.05) is 0 Å². The molecule has 0 heterocycles. The van der Waals surface area contributed by atoms with E-state index in [-0.39, 0.29) is 0 Å². The molecule has 0 aromatic heterocycles. The van der Waals surface area contributed by atoms with Crippen LogP contribution in [0.15, 0.2) is 0 Å². The van der Waals surface area contributed by atoms with Gasteiger partial charge in [0.2, 0.25) is 6.41 Å². The van der Waals surface area contributed by atoms with Crippen LogP contribution in [0.5, 0.6) is 0 Å². The first-order valence-electron chi connectivity index (χ1n) is 2.23. The molecule has 0 aromatic rings. The van der Waals surface area contributed by atoms with Crippen molar-refractivity contribution in [2.45, 2.75) is 0 Å². The molecule has 0 saturated heterocycles. The average molecular weight is 132 g/mol. The largest absolute Gasteiger partial charge is 0.347 e. The number of hydrazine groups is 2. The van der Waals surface area contributed by atoms with Crippen LogP contribution in [0.25, 0.3) is 0 Å². The lowest BCUT2D eigenvalue weighted by Crippen LogP contribution is -2.47. The van der Waals surface area contributed by atoms with Gasteiger partial charge < -0.3 is 0 Å². The van der Waals surface area contributed by atoms with Gasteiger partial charge in [0.25, 0.3) is 0 Å². The molecule has 3 amide bonds. The SMILES string of the molecule is CNNC(=O)NNC=O. The van der Waals surface area contributed by atoms with Crippen LogP contribution in [-0.4, -0.2) is 19.5 Å². The monoisotopic (exact) mass is 132 g/mol. The number of hydrogen-bond acceptors (Lipinski definition) is 3. The second kappa shape index (κ2) is 4.85. The number of rotatable bonds is 3. The van der Waals surface area contributed by atoms with Crippen molar-refractivity contribution in [1.29, 1.82) is 0 Å². The van der Waals surface area contributed by atoms with Crippen molar-refractivity contribution in [2.24, 2.45) is 0 Å². The van der Waals surface area contributed by atoms with Crippen LogP contribution >= 0.6 is 0 Å². The highest BCUT2D eigenvalue weighted by molar-refractivity contribution is 5.74. The van der Waals surface area contributed by atoms with Crippen LogP contribution in [0.1, 0.15) is 0 Å². The molecule has 4 N–H and O–H groups in total. The Morgan fingerprint density at radius 3 is 2.56 bits per heavy atom. The maximum atomic E-state index is 10.3. The fourth-order valence-electron chi connectivity index (χ4n) is 0.240. The molecule has 0 radical (unpaired) electrons. The predicted octanol–water partition coefficient (Wildman–Crippen LogP) is -1.92. The Kier molecular flexibility index (Phi) is 4.15. The number of carbonyl (C=O) groups excluding carboxylic acids is 2. The van der Waals surface area contributed by atoms with Crippen molar-refractivity contribution < 1.29 is 9.59 Å². The minimum atomic E-state index is -0.524. The molecule has 52 valence electrons. The normalized spacial score (nSPS) is 7.67.